The minimum Gasteiger partial charge on any atom is -0.378 e. The first kappa shape index (κ1) is 19.0. The summed E-state index contributed by atoms with van der Waals surface area (Å²) < 4.78 is 19.1. The van der Waals surface area contributed by atoms with Crippen molar-refractivity contribution in [3.8, 4) is 0 Å². The summed E-state index contributed by atoms with van der Waals surface area (Å²) >= 11 is 0. The molecule has 1 aromatic carbocycles. The van der Waals surface area contributed by atoms with Crippen LogP contribution in [0.25, 0.3) is 0 Å². The first-order valence-corrected chi connectivity index (χ1v) is 10.3. The third-order valence-electron chi connectivity index (χ3n) is 5.64. The molecule has 0 saturated carbocycles. The second-order valence-corrected chi connectivity index (χ2v) is 7.56. The van der Waals surface area contributed by atoms with Gasteiger partial charge in [0.25, 0.3) is 0 Å². The van der Waals surface area contributed by atoms with Gasteiger partial charge in [0.2, 0.25) is 0 Å². The maximum Gasteiger partial charge on any atom is 0.128 e. The van der Waals surface area contributed by atoms with E-state index in [4.69, 9.17) is 4.74 Å². The van der Waals surface area contributed by atoms with E-state index in [1.54, 1.807) is 12.1 Å². The molecule has 2 aliphatic heterocycles. The average molecular weight is 384 g/mol. The molecule has 5 nitrogen and oxygen atoms in total. The van der Waals surface area contributed by atoms with E-state index in [-0.39, 0.29) is 5.82 Å². The lowest BCUT2D eigenvalue weighted by atomic mass is 10.0. The van der Waals surface area contributed by atoms with Gasteiger partial charge in [-0.25, -0.2) is 9.37 Å². The summed E-state index contributed by atoms with van der Waals surface area (Å²) in [5.41, 5.74) is 3.49. The lowest BCUT2D eigenvalue weighted by molar-refractivity contribution is 0.122. The Hall–Kier alpha value is -2.34. The highest BCUT2D eigenvalue weighted by Crippen LogP contribution is 2.27. The molecule has 4 rings (SSSR count). The molecule has 0 radical (unpaired) electrons. The molecule has 0 aliphatic carbocycles. The van der Waals surface area contributed by atoms with Gasteiger partial charge in [-0.05, 0) is 43.0 Å². The Morgan fingerprint density at radius 1 is 1.18 bits per heavy atom. The van der Waals surface area contributed by atoms with Crippen LogP contribution in [0.3, 0.4) is 0 Å². The van der Waals surface area contributed by atoms with Crippen molar-refractivity contribution in [1.82, 2.24) is 4.98 Å². The molecule has 0 unspecified atom stereocenters. The van der Waals surface area contributed by atoms with Gasteiger partial charge >= 0.3 is 0 Å². The van der Waals surface area contributed by atoms with E-state index in [2.05, 4.69) is 33.1 Å². The number of hydrogen-bond donors (Lipinski definition) is 1. The minimum atomic E-state index is -0.181. The highest BCUT2D eigenvalue weighted by atomic mass is 19.1. The van der Waals surface area contributed by atoms with Crippen molar-refractivity contribution in [1.29, 1.82) is 0 Å². The van der Waals surface area contributed by atoms with Crippen molar-refractivity contribution in [3.63, 3.8) is 0 Å². The molecule has 1 aromatic heterocycles. The summed E-state index contributed by atoms with van der Waals surface area (Å²) in [4.78, 5) is 9.32. The molecule has 2 aromatic rings. The monoisotopic (exact) mass is 384 g/mol. The maximum absolute atomic E-state index is 13.6. The zero-order valence-electron chi connectivity index (χ0n) is 16.5. The second kappa shape index (κ2) is 8.78. The van der Waals surface area contributed by atoms with E-state index in [9.17, 15) is 4.39 Å². The third kappa shape index (κ3) is 4.38. The number of benzene rings is 1. The normalized spacial score (nSPS) is 20.3. The molecular weight excluding hydrogens is 355 g/mol. The van der Waals surface area contributed by atoms with E-state index < -0.39 is 0 Å². The van der Waals surface area contributed by atoms with E-state index >= 15 is 0 Å². The number of morpholine rings is 1. The van der Waals surface area contributed by atoms with E-state index in [1.807, 2.05) is 12.3 Å². The number of piperidine rings is 1. The van der Waals surface area contributed by atoms with Gasteiger partial charge in [-0.15, -0.1) is 0 Å². The van der Waals surface area contributed by atoms with Gasteiger partial charge in [0.05, 0.1) is 13.2 Å². The van der Waals surface area contributed by atoms with E-state index in [1.165, 1.54) is 17.3 Å². The van der Waals surface area contributed by atoms with Gasteiger partial charge in [0, 0.05) is 55.9 Å². The SMILES string of the molecule is CCc1cnc(N[C@@H]2CCCN(c3cccc(F)c3)C2)cc1N1CCOCC1. The smallest absolute Gasteiger partial charge is 0.128 e. The number of ether oxygens (including phenoxy) is 1. The number of pyridine rings is 1. The van der Waals surface area contributed by atoms with Gasteiger partial charge in [-0.1, -0.05) is 13.0 Å². The lowest BCUT2D eigenvalue weighted by Crippen LogP contribution is -2.42. The number of halogens is 1. The standard InChI is InChI=1S/C22H29FN4O/c1-2-17-15-24-22(14-21(17)26-9-11-28-12-10-26)25-19-6-4-8-27(16-19)20-7-3-5-18(23)13-20/h3,5,7,13-15,19H,2,4,6,8-12,16H2,1H3,(H,24,25)/t19-/m1/s1. The molecule has 0 amide bonds. The Morgan fingerprint density at radius 2 is 2.04 bits per heavy atom. The van der Waals surface area contributed by atoms with Crippen LogP contribution in [-0.2, 0) is 11.2 Å². The summed E-state index contributed by atoms with van der Waals surface area (Å²) in [6.45, 7) is 7.39. The summed E-state index contributed by atoms with van der Waals surface area (Å²) in [5, 5.41) is 3.62. The van der Waals surface area contributed by atoms with Gasteiger partial charge in [-0.3, -0.25) is 0 Å². The van der Waals surface area contributed by atoms with Gasteiger partial charge in [0.1, 0.15) is 11.6 Å². The van der Waals surface area contributed by atoms with Crippen molar-refractivity contribution in [3.05, 3.63) is 47.9 Å². The molecule has 2 fully saturated rings. The Kier molecular flexibility index (Phi) is 5.95. The van der Waals surface area contributed by atoms with Gasteiger partial charge < -0.3 is 19.9 Å². The van der Waals surface area contributed by atoms with Crippen LogP contribution in [0.1, 0.15) is 25.3 Å². The highest BCUT2D eigenvalue weighted by Gasteiger charge is 2.22. The molecule has 28 heavy (non-hydrogen) atoms. The van der Waals surface area contributed by atoms with Crippen LogP contribution < -0.4 is 15.1 Å². The number of rotatable bonds is 5. The summed E-state index contributed by atoms with van der Waals surface area (Å²) in [5.74, 6) is 0.740. The van der Waals surface area contributed by atoms with Crippen molar-refractivity contribution in [2.45, 2.75) is 32.2 Å². The first-order valence-electron chi connectivity index (χ1n) is 10.3. The average Bonchev–Trinajstić information content (AvgIpc) is 2.74. The van der Waals surface area contributed by atoms with Gasteiger partial charge in [-0.2, -0.15) is 0 Å². The predicted octanol–water partition coefficient (Wildman–Crippen LogP) is 3.70. The summed E-state index contributed by atoms with van der Waals surface area (Å²) in [6, 6.07) is 9.36. The third-order valence-corrected chi connectivity index (χ3v) is 5.64. The zero-order valence-corrected chi connectivity index (χ0v) is 16.5. The fraction of sp³-hybridized carbons (Fsp3) is 0.500. The molecular formula is C22H29FN4O. The molecule has 3 heterocycles. The fourth-order valence-corrected chi connectivity index (χ4v) is 4.13. The number of nitrogens with one attached hydrogen (secondary N) is 1. The number of aromatic nitrogens is 1. The van der Waals surface area contributed by atoms with E-state index in [0.717, 1.165) is 70.2 Å². The lowest BCUT2D eigenvalue weighted by Gasteiger charge is -2.35. The molecule has 2 aliphatic rings. The molecule has 6 heteroatoms. The molecule has 0 bridgehead atoms. The van der Waals surface area contributed by atoms with Crippen LogP contribution in [0.2, 0.25) is 0 Å². The molecule has 1 N–H and O–H groups in total. The Labute approximate surface area is 166 Å². The van der Waals surface area contributed by atoms with Crippen LogP contribution in [0.15, 0.2) is 36.5 Å². The molecule has 1 atom stereocenters. The second-order valence-electron chi connectivity index (χ2n) is 7.56. The number of aryl methyl sites for hydroxylation is 1. The van der Waals surface area contributed by atoms with E-state index in [0.29, 0.717) is 6.04 Å². The van der Waals surface area contributed by atoms with Crippen LogP contribution in [0.5, 0.6) is 0 Å². The minimum absolute atomic E-state index is 0.181. The zero-order chi connectivity index (χ0) is 19.3. The summed E-state index contributed by atoms with van der Waals surface area (Å²) in [7, 11) is 0. The van der Waals surface area contributed by atoms with Crippen LogP contribution in [0, 0.1) is 5.82 Å². The molecule has 0 spiro atoms. The number of hydrogen-bond acceptors (Lipinski definition) is 5. The van der Waals surface area contributed by atoms with Crippen molar-refractivity contribution in [2.24, 2.45) is 0 Å². The summed E-state index contributed by atoms with van der Waals surface area (Å²) in [6.07, 6.45) is 5.14. The first-order chi connectivity index (χ1) is 13.7. The predicted molar refractivity (Wildman–Crippen MR) is 112 cm³/mol. The number of anilines is 3. The quantitative estimate of drug-likeness (QED) is 0.851. The van der Waals surface area contributed by atoms with Crippen LogP contribution >= 0.6 is 0 Å². The fourth-order valence-electron chi connectivity index (χ4n) is 4.13. The Morgan fingerprint density at radius 3 is 2.82 bits per heavy atom. The Balaban J connectivity index is 1.47. The van der Waals surface area contributed by atoms with Crippen molar-refractivity contribution >= 4 is 17.2 Å². The molecule has 150 valence electrons. The Bertz CT molecular complexity index is 794. The molecule has 2 saturated heterocycles. The van der Waals surface area contributed by atoms with Crippen LogP contribution in [-0.4, -0.2) is 50.4 Å². The van der Waals surface area contributed by atoms with Crippen molar-refractivity contribution in [2.75, 3.05) is 54.5 Å². The highest BCUT2D eigenvalue weighted by molar-refractivity contribution is 5.60. The van der Waals surface area contributed by atoms with Crippen molar-refractivity contribution < 1.29 is 9.13 Å². The van der Waals surface area contributed by atoms with Crippen LogP contribution in [0.4, 0.5) is 21.6 Å². The largest absolute Gasteiger partial charge is 0.378 e. The number of nitrogens with zero attached hydrogens (tertiary/aromatic N) is 3. The topological polar surface area (TPSA) is 40.6 Å². The maximum atomic E-state index is 13.6. The van der Waals surface area contributed by atoms with Gasteiger partial charge in [0.15, 0.2) is 0 Å².